The number of pyridine rings is 1. The Labute approximate surface area is 190 Å². The predicted octanol–water partition coefficient (Wildman–Crippen LogP) is 3.45. The Balaban J connectivity index is 0.00000240. The quantitative estimate of drug-likeness (QED) is 0.391. The molecule has 1 unspecified atom stereocenters. The molecule has 1 aromatic heterocycles. The number of anilines is 2. The van der Waals surface area contributed by atoms with Gasteiger partial charge in [0.25, 0.3) is 0 Å². The monoisotopic (exact) mass is 507 g/mol. The number of fused-ring (bicyclic) bond motifs is 1. The average molecular weight is 507 g/mol. The number of guanidine groups is 1. The molecule has 1 aromatic carbocycles. The van der Waals surface area contributed by atoms with E-state index < -0.39 is 0 Å². The molecule has 2 aromatic rings. The molecule has 0 amide bonds. The molecule has 2 aliphatic rings. The van der Waals surface area contributed by atoms with Crippen molar-refractivity contribution in [1.29, 1.82) is 0 Å². The zero-order chi connectivity index (χ0) is 19.3. The first-order valence-electron chi connectivity index (χ1n) is 10.2. The molecule has 0 radical (unpaired) electrons. The lowest BCUT2D eigenvalue weighted by Gasteiger charge is -2.32. The van der Waals surface area contributed by atoms with E-state index in [4.69, 9.17) is 9.73 Å². The van der Waals surface area contributed by atoms with Gasteiger partial charge >= 0.3 is 0 Å². The number of aliphatic imine (C=N–C) groups is 1. The third kappa shape index (κ3) is 5.19. The van der Waals surface area contributed by atoms with E-state index in [-0.39, 0.29) is 30.1 Å². The number of hydrogen-bond donors (Lipinski definition) is 1. The molecule has 0 spiro atoms. The van der Waals surface area contributed by atoms with Crippen molar-refractivity contribution < 1.29 is 4.74 Å². The lowest BCUT2D eigenvalue weighted by molar-refractivity contribution is 0.0529. The zero-order valence-corrected chi connectivity index (χ0v) is 19.5. The van der Waals surface area contributed by atoms with Gasteiger partial charge in [0.1, 0.15) is 5.82 Å². The molecule has 1 N–H and O–H groups in total. The van der Waals surface area contributed by atoms with Crippen molar-refractivity contribution in [3.63, 3.8) is 0 Å². The van der Waals surface area contributed by atoms with Gasteiger partial charge in [0, 0.05) is 38.1 Å². The smallest absolute Gasteiger partial charge is 0.198 e. The molecular formula is C22H30IN5O. The van der Waals surface area contributed by atoms with E-state index in [1.165, 1.54) is 16.8 Å². The fraction of sp³-hybridized carbons (Fsp3) is 0.455. The summed E-state index contributed by atoms with van der Waals surface area (Å²) in [5.41, 5.74) is 3.83. The number of morpholine rings is 1. The van der Waals surface area contributed by atoms with Gasteiger partial charge in [-0.2, -0.15) is 0 Å². The van der Waals surface area contributed by atoms with E-state index in [2.05, 4.69) is 70.3 Å². The van der Waals surface area contributed by atoms with Crippen LogP contribution in [0.15, 0.2) is 47.6 Å². The second kappa shape index (κ2) is 10.2. The summed E-state index contributed by atoms with van der Waals surface area (Å²) in [7, 11) is 0. The number of benzene rings is 1. The first kappa shape index (κ1) is 21.8. The van der Waals surface area contributed by atoms with Crippen molar-refractivity contribution in [2.24, 2.45) is 4.99 Å². The van der Waals surface area contributed by atoms with Crippen LogP contribution in [0.4, 0.5) is 11.5 Å². The van der Waals surface area contributed by atoms with E-state index in [0.717, 1.165) is 51.0 Å². The number of para-hydroxylation sites is 1. The third-order valence-electron chi connectivity index (χ3n) is 5.26. The summed E-state index contributed by atoms with van der Waals surface area (Å²) < 4.78 is 5.65. The normalized spacial score (nSPS) is 19.0. The van der Waals surface area contributed by atoms with E-state index in [0.29, 0.717) is 6.54 Å². The number of nitrogens with one attached hydrogen (secondary N) is 1. The van der Waals surface area contributed by atoms with E-state index in [1.807, 2.05) is 6.20 Å². The summed E-state index contributed by atoms with van der Waals surface area (Å²) >= 11 is 0. The van der Waals surface area contributed by atoms with Crippen LogP contribution in [0.25, 0.3) is 0 Å². The highest BCUT2D eigenvalue weighted by molar-refractivity contribution is 14.0. The fourth-order valence-corrected chi connectivity index (χ4v) is 3.88. The maximum atomic E-state index is 5.65. The van der Waals surface area contributed by atoms with Crippen LogP contribution in [0.5, 0.6) is 0 Å². The molecule has 1 saturated heterocycles. The van der Waals surface area contributed by atoms with Gasteiger partial charge < -0.3 is 19.9 Å². The Morgan fingerprint density at radius 1 is 1.28 bits per heavy atom. The average Bonchev–Trinajstić information content (AvgIpc) is 3.15. The maximum absolute atomic E-state index is 5.65. The SMILES string of the molecule is CCNC(=NCc1ccnc(N2CCOC(C)C2)c1)N1CCc2ccccc21.I. The van der Waals surface area contributed by atoms with Gasteiger partial charge in [-0.15, -0.1) is 24.0 Å². The first-order chi connectivity index (χ1) is 13.7. The third-order valence-corrected chi connectivity index (χ3v) is 5.26. The van der Waals surface area contributed by atoms with E-state index >= 15 is 0 Å². The summed E-state index contributed by atoms with van der Waals surface area (Å²) in [5.74, 6) is 1.96. The highest BCUT2D eigenvalue weighted by Gasteiger charge is 2.22. The van der Waals surface area contributed by atoms with Crippen LogP contribution in [0.3, 0.4) is 0 Å². The number of nitrogens with zero attached hydrogens (tertiary/aromatic N) is 4. The van der Waals surface area contributed by atoms with Crippen molar-refractivity contribution in [2.75, 3.05) is 42.6 Å². The number of ether oxygens (including phenoxy) is 1. The molecule has 0 bridgehead atoms. The van der Waals surface area contributed by atoms with Crippen LogP contribution < -0.4 is 15.1 Å². The van der Waals surface area contributed by atoms with Gasteiger partial charge in [-0.05, 0) is 49.6 Å². The van der Waals surface area contributed by atoms with Gasteiger partial charge in [0.05, 0.1) is 19.3 Å². The minimum absolute atomic E-state index is 0. The van der Waals surface area contributed by atoms with Crippen molar-refractivity contribution >= 4 is 41.4 Å². The Hall–Kier alpha value is -1.87. The Bertz CT molecular complexity index is 843. The molecule has 3 heterocycles. The summed E-state index contributed by atoms with van der Waals surface area (Å²) in [6.45, 7) is 9.20. The van der Waals surface area contributed by atoms with Gasteiger partial charge in [-0.25, -0.2) is 9.98 Å². The minimum atomic E-state index is 0. The van der Waals surface area contributed by atoms with Gasteiger partial charge in [0.15, 0.2) is 5.96 Å². The highest BCUT2D eigenvalue weighted by Crippen LogP contribution is 2.27. The Morgan fingerprint density at radius 3 is 2.97 bits per heavy atom. The Kier molecular flexibility index (Phi) is 7.71. The second-order valence-electron chi connectivity index (χ2n) is 7.35. The lowest BCUT2D eigenvalue weighted by atomic mass is 10.2. The topological polar surface area (TPSA) is 53.0 Å². The standard InChI is InChI=1S/C22H29N5O.HI/c1-3-23-22(27-11-9-19-6-4-5-7-20(19)27)25-15-18-8-10-24-21(14-18)26-12-13-28-17(2)16-26;/h4-8,10,14,17H,3,9,11-13,15-16H2,1-2H3,(H,23,25);1H. The number of halogens is 1. The summed E-state index contributed by atoms with van der Waals surface area (Å²) in [5, 5.41) is 3.45. The van der Waals surface area contributed by atoms with Crippen LogP contribution in [0, 0.1) is 0 Å². The summed E-state index contributed by atoms with van der Waals surface area (Å²) in [6.07, 6.45) is 3.20. The van der Waals surface area contributed by atoms with Crippen molar-refractivity contribution in [2.45, 2.75) is 32.9 Å². The molecule has 6 nitrogen and oxygen atoms in total. The van der Waals surface area contributed by atoms with Crippen LogP contribution in [-0.4, -0.2) is 49.8 Å². The molecule has 1 atom stereocenters. The van der Waals surface area contributed by atoms with Gasteiger partial charge in [0.2, 0.25) is 0 Å². The summed E-state index contributed by atoms with van der Waals surface area (Å²) in [6, 6.07) is 12.8. The maximum Gasteiger partial charge on any atom is 0.198 e. The number of aromatic nitrogens is 1. The van der Waals surface area contributed by atoms with Crippen LogP contribution in [0.1, 0.15) is 25.0 Å². The largest absolute Gasteiger partial charge is 0.375 e. The van der Waals surface area contributed by atoms with E-state index in [9.17, 15) is 0 Å². The summed E-state index contributed by atoms with van der Waals surface area (Å²) in [4.78, 5) is 14.1. The fourth-order valence-electron chi connectivity index (χ4n) is 3.88. The van der Waals surface area contributed by atoms with Crippen LogP contribution in [0.2, 0.25) is 0 Å². The van der Waals surface area contributed by atoms with Crippen LogP contribution >= 0.6 is 24.0 Å². The van der Waals surface area contributed by atoms with Crippen LogP contribution in [-0.2, 0) is 17.7 Å². The zero-order valence-electron chi connectivity index (χ0n) is 17.2. The van der Waals surface area contributed by atoms with Crippen molar-refractivity contribution in [3.05, 3.63) is 53.7 Å². The molecule has 0 saturated carbocycles. The highest BCUT2D eigenvalue weighted by atomic mass is 127. The predicted molar refractivity (Wildman–Crippen MR) is 130 cm³/mol. The molecule has 29 heavy (non-hydrogen) atoms. The first-order valence-corrected chi connectivity index (χ1v) is 10.2. The Morgan fingerprint density at radius 2 is 2.14 bits per heavy atom. The van der Waals surface area contributed by atoms with Crippen molar-refractivity contribution in [1.82, 2.24) is 10.3 Å². The van der Waals surface area contributed by atoms with E-state index in [1.54, 1.807) is 0 Å². The van der Waals surface area contributed by atoms with Crippen molar-refractivity contribution in [3.8, 4) is 0 Å². The number of hydrogen-bond acceptors (Lipinski definition) is 4. The van der Waals surface area contributed by atoms with Gasteiger partial charge in [-0.1, -0.05) is 18.2 Å². The second-order valence-corrected chi connectivity index (χ2v) is 7.35. The molecule has 7 heteroatoms. The molecule has 1 fully saturated rings. The molecule has 4 rings (SSSR count). The van der Waals surface area contributed by atoms with Gasteiger partial charge in [-0.3, -0.25) is 0 Å². The minimum Gasteiger partial charge on any atom is -0.375 e. The molecule has 156 valence electrons. The molecule has 2 aliphatic heterocycles. The lowest BCUT2D eigenvalue weighted by Crippen LogP contribution is -2.41. The molecular weight excluding hydrogens is 477 g/mol. The number of rotatable bonds is 4. The molecule has 0 aliphatic carbocycles.